The maximum atomic E-state index is 12.7. The highest BCUT2D eigenvalue weighted by atomic mass is 35.5. The standard InChI is InChI=1S/C21H16ClN3O5S/c22-17-6-1-2-7-18(17)25-31(27,28)16-5-3-4-15(11-16)21(26)24-23-12-14-8-9-19-20(10-14)30-13-29-19/h1-12,25H,13H2,(H,24,26)/b23-12+. The van der Waals surface area contributed by atoms with E-state index in [1.807, 2.05) is 0 Å². The van der Waals surface area contributed by atoms with Crippen molar-refractivity contribution in [3.05, 3.63) is 82.9 Å². The van der Waals surface area contributed by atoms with Gasteiger partial charge in [-0.05, 0) is 54.1 Å². The zero-order chi connectivity index (χ0) is 21.8. The molecule has 0 fully saturated rings. The Balaban J connectivity index is 1.46. The summed E-state index contributed by atoms with van der Waals surface area (Å²) in [5.41, 5.74) is 3.45. The number of anilines is 1. The number of nitrogens with zero attached hydrogens (tertiary/aromatic N) is 1. The van der Waals surface area contributed by atoms with Crippen molar-refractivity contribution >= 4 is 39.4 Å². The van der Waals surface area contributed by atoms with E-state index in [9.17, 15) is 13.2 Å². The molecule has 0 aromatic heterocycles. The molecule has 0 unspecified atom stereocenters. The van der Waals surface area contributed by atoms with Gasteiger partial charge in [0.05, 0.1) is 21.8 Å². The van der Waals surface area contributed by atoms with Gasteiger partial charge in [-0.25, -0.2) is 13.8 Å². The molecule has 1 amide bonds. The molecule has 0 saturated heterocycles. The summed E-state index contributed by atoms with van der Waals surface area (Å²) in [7, 11) is -3.94. The Bertz CT molecular complexity index is 1280. The number of para-hydroxylation sites is 1. The van der Waals surface area contributed by atoms with Crippen molar-refractivity contribution in [1.29, 1.82) is 0 Å². The summed E-state index contributed by atoms with van der Waals surface area (Å²) in [5, 5.41) is 4.17. The number of ether oxygens (including phenoxy) is 2. The van der Waals surface area contributed by atoms with Gasteiger partial charge in [0.15, 0.2) is 11.5 Å². The van der Waals surface area contributed by atoms with Gasteiger partial charge in [-0.1, -0.05) is 29.8 Å². The molecule has 158 valence electrons. The van der Waals surface area contributed by atoms with Gasteiger partial charge in [0.2, 0.25) is 6.79 Å². The van der Waals surface area contributed by atoms with Gasteiger partial charge in [-0.15, -0.1) is 0 Å². The van der Waals surface area contributed by atoms with E-state index in [0.29, 0.717) is 17.1 Å². The number of amides is 1. The molecule has 0 bridgehead atoms. The summed E-state index contributed by atoms with van der Waals surface area (Å²) in [6.07, 6.45) is 1.44. The quantitative estimate of drug-likeness (QED) is 0.434. The summed E-state index contributed by atoms with van der Waals surface area (Å²) >= 11 is 6.02. The van der Waals surface area contributed by atoms with E-state index in [1.165, 1.54) is 30.5 Å². The first-order valence-corrected chi connectivity index (χ1v) is 10.9. The van der Waals surface area contributed by atoms with E-state index in [4.69, 9.17) is 21.1 Å². The number of nitrogens with one attached hydrogen (secondary N) is 2. The van der Waals surface area contributed by atoms with Gasteiger partial charge >= 0.3 is 0 Å². The van der Waals surface area contributed by atoms with E-state index >= 15 is 0 Å². The van der Waals surface area contributed by atoms with Crippen LogP contribution in [-0.4, -0.2) is 27.3 Å². The molecule has 2 N–H and O–H groups in total. The van der Waals surface area contributed by atoms with Crippen molar-refractivity contribution in [3.63, 3.8) is 0 Å². The number of rotatable bonds is 6. The fraction of sp³-hybridized carbons (Fsp3) is 0.0476. The monoisotopic (exact) mass is 457 g/mol. The SMILES string of the molecule is O=C(N/N=C/c1ccc2c(c1)OCO2)c1cccc(S(=O)(=O)Nc2ccccc2Cl)c1. The van der Waals surface area contributed by atoms with Gasteiger partial charge in [0.1, 0.15) is 0 Å². The van der Waals surface area contributed by atoms with Crippen LogP contribution in [0.1, 0.15) is 15.9 Å². The molecule has 0 saturated carbocycles. The minimum Gasteiger partial charge on any atom is -0.454 e. The molecule has 1 aliphatic heterocycles. The summed E-state index contributed by atoms with van der Waals surface area (Å²) in [6.45, 7) is 0.164. The second-order valence-electron chi connectivity index (χ2n) is 6.43. The summed E-state index contributed by atoms with van der Waals surface area (Å²) in [5.74, 6) is 0.676. The van der Waals surface area contributed by atoms with Gasteiger partial charge in [-0.3, -0.25) is 9.52 Å². The Labute approximate surface area is 183 Å². The number of carbonyl (C=O) groups excluding carboxylic acids is 1. The Morgan fingerprint density at radius 1 is 1.00 bits per heavy atom. The largest absolute Gasteiger partial charge is 0.454 e. The first-order valence-electron chi connectivity index (χ1n) is 9.03. The van der Waals surface area contributed by atoms with Crippen LogP contribution in [0.3, 0.4) is 0 Å². The van der Waals surface area contributed by atoms with Crippen LogP contribution in [0.25, 0.3) is 0 Å². The zero-order valence-corrected chi connectivity index (χ0v) is 17.5. The van der Waals surface area contributed by atoms with E-state index in [-0.39, 0.29) is 28.0 Å². The lowest BCUT2D eigenvalue weighted by Gasteiger charge is -2.10. The molecule has 0 radical (unpaired) electrons. The number of fused-ring (bicyclic) bond motifs is 1. The third-order valence-electron chi connectivity index (χ3n) is 4.30. The number of hydrogen-bond acceptors (Lipinski definition) is 6. The van der Waals surface area contributed by atoms with Crippen molar-refractivity contribution in [2.24, 2.45) is 5.10 Å². The highest BCUT2D eigenvalue weighted by Crippen LogP contribution is 2.32. The number of sulfonamides is 1. The van der Waals surface area contributed by atoms with Gasteiger partial charge in [0.25, 0.3) is 15.9 Å². The topological polar surface area (TPSA) is 106 Å². The molecular formula is C21H16ClN3O5S. The number of hydrogen-bond donors (Lipinski definition) is 2. The zero-order valence-electron chi connectivity index (χ0n) is 15.9. The fourth-order valence-electron chi connectivity index (χ4n) is 2.78. The minimum atomic E-state index is -3.94. The van der Waals surface area contributed by atoms with Crippen molar-refractivity contribution in [2.75, 3.05) is 11.5 Å². The molecule has 0 atom stereocenters. The van der Waals surface area contributed by atoms with Crippen LogP contribution in [0.15, 0.2) is 76.7 Å². The second-order valence-corrected chi connectivity index (χ2v) is 8.51. The highest BCUT2D eigenvalue weighted by Gasteiger charge is 2.18. The number of hydrazone groups is 1. The van der Waals surface area contributed by atoms with Gasteiger partial charge < -0.3 is 9.47 Å². The smallest absolute Gasteiger partial charge is 0.271 e. The van der Waals surface area contributed by atoms with Gasteiger partial charge in [0, 0.05) is 5.56 Å². The van der Waals surface area contributed by atoms with Gasteiger partial charge in [-0.2, -0.15) is 5.10 Å². The maximum Gasteiger partial charge on any atom is 0.271 e. The maximum absolute atomic E-state index is 12.7. The molecule has 3 aromatic carbocycles. The Hall–Kier alpha value is -3.56. The third kappa shape index (κ3) is 4.79. The average molecular weight is 458 g/mol. The molecule has 10 heteroatoms. The predicted octanol–water partition coefficient (Wildman–Crippen LogP) is 3.63. The molecule has 8 nitrogen and oxygen atoms in total. The van der Waals surface area contributed by atoms with Crippen LogP contribution in [0.5, 0.6) is 11.5 Å². The Morgan fingerprint density at radius 2 is 1.81 bits per heavy atom. The lowest BCUT2D eigenvalue weighted by molar-refractivity contribution is 0.0955. The molecule has 4 rings (SSSR count). The number of halogens is 1. The summed E-state index contributed by atoms with van der Waals surface area (Å²) in [6, 6.07) is 17.3. The predicted molar refractivity (Wildman–Crippen MR) is 116 cm³/mol. The van der Waals surface area contributed by atoms with Crippen LogP contribution in [0.2, 0.25) is 5.02 Å². The van der Waals surface area contributed by atoms with Crippen molar-refractivity contribution in [2.45, 2.75) is 4.90 Å². The molecule has 1 aliphatic rings. The first kappa shape index (κ1) is 20.7. The fourth-order valence-corrected chi connectivity index (χ4v) is 4.14. The van der Waals surface area contributed by atoms with Crippen molar-refractivity contribution in [1.82, 2.24) is 5.43 Å². The molecule has 0 spiro atoms. The van der Waals surface area contributed by atoms with Crippen molar-refractivity contribution < 1.29 is 22.7 Å². The number of benzene rings is 3. The molecule has 31 heavy (non-hydrogen) atoms. The summed E-state index contributed by atoms with van der Waals surface area (Å²) in [4.78, 5) is 12.3. The molecular weight excluding hydrogens is 442 g/mol. The first-order chi connectivity index (χ1) is 14.9. The molecule has 3 aromatic rings. The van der Waals surface area contributed by atoms with Crippen molar-refractivity contribution in [3.8, 4) is 11.5 Å². The second kappa shape index (κ2) is 8.66. The lowest BCUT2D eigenvalue weighted by Crippen LogP contribution is -2.19. The van der Waals surface area contributed by atoms with E-state index < -0.39 is 15.9 Å². The Kier molecular flexibility index (Phi) is 5.79. The summed E-state index contributed by atoms with van der Waals surface area (Å²) < 4.78 is 38.3. The number of carbonyl (C=O) groups is 1. The van der Waals surface area contributed by atoms with E-state index in [0.717, 1.165) is 0 Å². The third-order valence-corrected chi connectivity index (χ3v) is 5.99. The minimum absolute atomic E-state index is 0.0835. The average Bonchev–Trinajstić information content (AvgIpc) is 3.23. The molecule has 0 aliphatic carbocycles. The molecule has 1 heterocycles. The van der Waals surface area contributed by atoms with Crippen LogP contribution in [0, 0.1) is 0 Å². The lowest BCUT2D eigenvalue weighted by atomic mass is 10.2. The Morgan fingerprint density at radius 3 is 2.65 bits per heavy atom. The highest BCUT2D eigenvalue weighted by molar-refractivity contribution is 7.92. The van der Waals surface area contributed by atoms with Crippen LogP contribution in [0.4, 0.5) is 5.69 Å². The van der Waals surface area contributed by atoms with E-state index in [2.05, 4.69) is 15.2 Å². The van der Waals surface area contributed by atoms with Crippen LogP contribution in [-0.2, 0) is 10.0 Å². The normalized spacial score (nSPS) is 12.7. The van der Waals surface area contributed by atoms with Crippen LogP contribution >= 0.6 is 11.6 Å². The van der Waals surface area contributed by atoms with E-state index in [1.54, 1.807) is 42.5 Å². The van der Waals surface area contributed by atoms with Crippen LogP contribution < -0.4 is 19.6 Å².